The fraction of sp³-hybridized carbons (Fsp3) is 0.143. The molecule has 0 aliphatic heterocycles. The maximum absolute atomic E-state index is 6.23. The molecule has 0 N–H and O–H groups in total. The van der Waals surface area contributed by atoms with E-state index in [1.54, 1.807) is 12.4 Å². The fourth-order valence-corrected chi connectivity index (χ4v) is 3.21. The van der Waals surface area contributed by atoms with Gasteiger partial charge in [-0.3, -0.25) is 4.98 Å². The molecule has 0 spiro atoms. The smallest absolute Gasteiger partial charge is 0.244 e. The number of fused-ring (bicyclic) bond motifs is 2. The molecule has 0 bridgehead atoms. The van der Waals surface area contributed by atoms with Crippen molar-refractivity contribution < 1.29 is 4.74 Å². The molecule has 0 saturated carbocycles. The predicted molar refractivity (Wildman–Crippen MR) is 99.9 cm³/mol. The molecule has 0 saturated heterocycles. The summed E-state index contributed by atoms with van der Waals surface area (Å²) < 4.78 is 8.31. The zero-order valence-corrected chi connectivity index (χ0v) is 14.2. The second kappa shape index (κ2) is 5.95. The number of hydrogen-bond acceptors (Lipinski definition) is 3. The van der Waals surface area contributed by atoms with E-state index in [0.29, 0.717) is 12.4 Å². The molecule has 0 unspecified atom stereocenters. The van der Waals surface area contributed by atoms with Crippen LogP contribution in [0.4, 0.5) is 0 Å². The molecule has 0 aliphatic rings. The molecule has 4 nitrogen and oxygen atoms in total. The minimum Gasteiger partial charge on any atom is -0.436 e. The van der Waals surface area contributed by atoms with Gasteiger partial charge in [0.1, 0.15) is 11.3 Å². The Balaban J connectivity index is 1.93. The Hall–Kier alpha value is -3.32. The van der Waals surface area contributed by atoms with Gasteiger partial charge in [0.25, 0.3) is 0 Å². The van der Waals surface area contributed by atoms with Gasteiger partial charge in [-0.15, -0.1) is 6.42 Å². The molecule has 122 valence electrons. The van der Waals surface area contributed by atoms with Crippen molar-refractivity contribution in [2.45, 2.75) is 20.4 Å². The molecule has 0 fully saturated rings. The van der Waals surface area contributed by atoms with Crippen LogP contribution in [-0.2, 0) is 6.54 Å². The molecule has 25 heavy (non-hydrogen) atoms. The highest BCUT2D eigenvalue weighted by atomic mass is 16.5. The highest BCUT2D eigenvalue weighted by Gasteiger charge is 2.16. The van der Waals surface area contributed by atoms with E-state index < -0.39 is 0 Å². The van der Waals surface area contributed by atoms with Crippen LogP contribution in [0.25, 0.3) is 21.7 Å². The molecular formula is C21H17N3O. The van der Waals surface area contributed by atoms with E-state index in [1.807, 2.05) is 36.5 Å². The second-order valence-electron chi connectivity index (χ2n) is 5.97. The van der Waals surface area contributed by atoms with Gasteiger partial charge in [0.15, 0.2) is 0 Å². The fourth-order valence-electron chi connectivity index (χ4n) is 3.21. The summed E-state index contributed by atoms with van der Waals surface area (Å²) in [5.41, 5.74) is 3.26. The lowest BCUT2D eigenvalue weighted by molar-refractivity contribution is 0.471. The highest BCUT2D eigenvalue weighted by Crippen LogP contribution is 2.35. The van der Waals surface area contributed by atoms with E-state index >= 15 is 0 Å². The topological polar surface area (TPSA) is 39.9 Å². The standard InChI is InChI=1S/C21H17N3O/c1-4-12-24-15(3)14(2)17-9-11-23-21(20(17)24)25-19-7-5-6-16-13-22-10-8-18(16)19/h1,5-11,13H,12H2,2-3H3. The molecule has 4 rings (SSSR count). The molecule has 0 aliphatic carbocycles. The summed E-state index contributed by atoms with van der Waals surface area (Å²) in [5, 5.41) is 3.14. The third kappa shape index (κ3) is 2.41. The van der Waals surface area contributed by atoms with E-state index in [2.05, 4.69) is 34.3 Å². The van der Waals surface area contributed by atoms with Crippen LogP contribution >= 0.6 is 0 Å². The first-order valence-electron chi connectivity index (χ1n) is 8.09. The van der Waals surface area contributed by atoms with Crippen molar-refractivity contribution in [2.24, 2.45) is 0 Å². The average Bonchev–Trinajstić information content (AvgIpc) is 2.88. The van der Waals surface area contributed by atoms with Gasteiger partial charge in [0, 0.05) is 40.4 Å². The number of hydrogen-bond donors (Lipinski definition) is 0. The van der Waals surface area contributed by atoms with Crippen LogP contribution in [0.2, 0.25) is 0 Å². The van der Waals surface area contributed by atoms with Gasteiger partial charge in [0.2, 0.25) is 5.88 Å². The summed E-state index contributed by atoms with van der Waals surface area (Å²) in [5.74, 6) is 4.04. The van der Waals surface area contributed by atoms with Gasteiger partial charge in [-0.25, -0.2) is 4.98 Å². The summed E-state index contributed by atoms with van der Waals surface area (Å²) in [6.07, 6.45) is 10.9. The van der Waals surface area contributed by atoms with E-state index in [0.717, 1.165) is 33.1 Å². The van der Waals surface area contributed by atoms with Crippen LogP contribution in [0.1, 0.15) is 11.3 Å². The molecule has 0 radical (unpaired) electrons. The molecular weight excluding hydrogens is 310 g/mol. The van der Waals surface area contributed by atoms with E-state index in [-0.39, 0.29) is 0 Å². The van der Waals surface area contributed by atoms with Crippen LogP contribution in [0, 0.1) is 26.2 Å². The van der Waals surface area contributed by atoms with Crippen LogP contribution < -0.4 is 4.74 Å². The van der Waals surface area contributed by atoms with Gasteiger partial charge in [0.05, 0.1) is 6.54 Å². The number of nitrogens with zero attached hydrogens (tertiary/aromatic N) is 3. The van der Waals surface area contributed by atoms with Crippen molar-refractivity contribution in [2.75, 3.05) is 0 Å². The van der Waals surface area contributed by atoms with E-state index in [9.17, 15) is 0 Å². The Morgan fingerprint density at radius 1 is 1.12 bits per heavy atom. The first-order valence-corrected chi connectivity index (χ1v) is 8.09. The van der Waals surface area contributed by atoms with Crippen LogP contribution in [0.3, 0.4) is 0 Å². The second-order valence-corrected chi connectivity index (χ2v) is 5.97. The number of aromatic nitrogens is 3. The minimum atomic E-state index is 0.484. The van der Waals surface area contributed by atoms with E-state index in [1.165, 1.54) is 5.56 Å². The maximum atomic E-state index is 6.23. The number of ether oxygens (including phenoxy) is 1. The number of terminal acetylenes is 1. The lowest BCUT2D eigenvalue weighted by atomic mass is 10.1. The Kier molecular flexibility index (Phi) is 3.62. The molecule has 0 atom stereocenters. The molecule has 3 heterocycles. The quantitative estimate of drug-likeness (QED) is 0.515. The lowest BCUT2D eigenvalue weighted by Gasteiger charge is -2.11. The number of rotatable bonds is 3. The molecule has 4 heteroatoms. The largest absolute Gasteiger partial charge is 0.436 e. The summed E-state index contributed by atoms with van der Waals surface area (Å²) >= 11 is 0. The predicted octanol–water partition coefficient (Wildman–Crippen LogP) is 4.63. The molecule has 4 aromatic rings. The lowest BCUT2D eigenvalue weighted by Crippen LogP contribution is -2.00. The first-order chi connectivity index (χ1) is 12.2. The van der Waals surface area contributed by atoms with Crippen molar-refractivity contribution in [1.82, 2.24) is 14.5 Å². The molecule has 3 aromatic heterocycles. The van der Waals surface area contributed by atoms with Crippen molar-refractivity contribution >= 4 is 21.7 Å². The Labute approximate surface area is 146 Å². The van der Waals surface area contributed by atoms with Gasteiger partial charge < -0.3 is 9.30 Å². The van der Waals surface area contributed by atoms with Gasteiger partial charge >= 0.3 is 0 Å². The van der Waals surface area contributed by atoms with E-state index in [4.69, 9.17) is 11.2 Å². The normalized spacial score (nSPS) is 10.9. The third-order valence-electron chi connectivity index (χ3n) is 4.61. The van der Waals surface area contributed by atoms with Crippen molar-refractivity contribution in [3.05, 3.63) is 60.2 Å². The number of pyridine rings is 2. The monoisotopic (exact) mass is 327 g/mol. The molecule has 0 amide bonds. The minimum absolute atomic E-state index is 0.484. The zero-order chi connectivity index (χ0) is 17.4. The summed E-state index contributed by atoms with van der Waals surface area (Å²) in [7, 11) is 0. The van der Waals surface area contributed by atoms with Crippen molar-refractivity contribution in [3.8, 4) is 24.0 Å². The van der Waals surface area contributed by atoms with Crippen molar-refractivity contribution in [3.63, 3.8) is 0 Å². The first kappa shape index (κ1) is 15.2. The average molecular weight is 327 g/mol. The zero-order valence-electron chi connectivity index (χ0n) is 14.2. The summed E-state index contributed by atoms with van der Waals surface area (Å²) in [6.45, 7) is 4.65. The Morgan fingerprint density at radius 2 is 1.96 bits per heavy atom. The Morgan fingerprint density at radius 3 is 2.80 bits per heavy atom. The van der Waals surface area contributed by atoms with Crippen LogP contribution in [0.5, 0.6) is 11.6 Å². The summed E-state index contributed by atoms with van der Waals surface area (Å²) in [4.78, 5) is 8.65. The molecule has 1 aromatic carbocycles. The SMILES string of the molecule is C#CCn1c(C)c(C)c2ccnc(Oc3cccc4cnccc34)c21. The maximum Gasteiger partial charge on any atom is 0.244 e. The van der Waals surface area contributed by atoms with Gasteiger partial charge in [-0.05, 0) is 37.6 Å². The van der Waals surface area contributed by atoms with Gasteiger partial charge in [-0.1, -0.05) is 18.1 Å². The number of aryl methyl sites for hydroxylation is 1. The van der Waals surface area contributed by atoms with Gasteiger partial charge in [-0.2, -0.15) is 0 Å². The highest BCUT2D eigenvalue weighted by molar-refractivity contribution is 5.91. The number of benzene rings is 1. The van der Waals surface area contributed by atoms with Crippen LogP contribution in [-0.4, -0.2) is 14.5 Å². The van der Waals surface area contributed by atoms with Crippen LogP contribution in [0.15, 0.2) is 48.9 Å². The van der Waals surface area contributed by atoms with Crippen molar-refractivity contribution in [1.29, 1.82) is 0 Å². The Bertz CT molecular complexity index is 1130. The third-order valence-corrected chi connectivity index (χ3v) is 4.61. The summed E-state index contributed by atoms with van der Waals surface area (Å²) in [6, 6.07) is 9.86.